The quantitative estimate of drug-likeness (QED) is 0.676. The van der Waals surface area contributed by atoms with E-state index in [1.807, 2.05) is 18.2 Å². The van der Waals surface area contributed by atoms with E-state index in [1.165, 1.54) is 0 Å². The number of aromatic nitrogens is 1. The smallest absolute Gasteiger partial charge is 0.167 e. The molecule has 0 unspecified atom stereocenters. The number of hydrogen-bond donors (Lipinski definition) is 0. The molecule has 2 aromatic rings. The first-order valence-corrected chi connectivity index (χ1v) is 4.25. The Balaban J connectivity index is 2.55. The van der Waals surface area contributed by atoms with Crippen LogP contribution in [0.4, 0.5) is 0 Å². The van der Waals surface area contributed by atoms with Crippen LogP contribution in [0.25, 0.3) is 11.0 Å². The summed E-state index contributed by atoms with van der Waals surface area (Å²) in [4.78, 5) is 0. The van der Waals surface area contributed by atoms with E-state index in [4.69, 9.17) is 4.52 Å². The van der Waals surface area contributed by atoms with Gasteiger partial charge in [0, 0.05) is 5.39 Å². The summed E-state index contributed by atoms with van der Waals surface area (Å²) >= 11 is 0. The lowest BCUT2D eigenvalue weighted by Gasteiger charge is -1.89. The highest BCUT2D eigenvalue weighted by Crippen LogP contribution is 2.18. The fourth-order valence-corrected chi connectivity index (χ4v) is 1.36. The van der Waals surface area contributed by atoms with Crippen LogP contribution in [0, 0.1) is 0 Å². The number of benzene rings is 1. The van der Waals surface area contributed by atoms with E-state index in [2.05, 4.69) is 18.1 Å². The molecule has 2 heteroatoms. The monoisotopic (exact) mass is 161 g/mol. The minimum Gasteiger partial charge on any atom is -0.356 e. The van der Waals surface area contributed by atoms with Gasteiger partial charge in [-0.05, 0) is 18.6 Å². The molecule has 0 bridgehead atoms. The Hall–Kier alpha value is -1.31. The molecule has 0 radical (unpaired) electrons. The van der Waals surface area contributed by atoms with Crippen molar-refractivity contribution in [3.8, 4) is 0 Å². The lowest BCUT2D eigenvalue weighted by atomic mass is 10.1. The van der Waals surface area contributed by atoms with Crippen molar-refractivity contribution in [2.45, 2.75) is 19.8 Å². The maximum Gasteiger partial charge on any atom is 0.167 e. The summed E-state index contributed by atoms with van der Waals surface area (Å²) in [6, 6.07) is 7.97. The molecule has 0 amide bonds. The highest BCUT2D eigenvalue weighted by molar-refractivity contribution is 5.79. The Morgan fingerprint density at radius 3 is 3.00 bits per heavy atom. The number of fused-ring (bicyclic) bond motifs is 1. The van der Waals surface area contributed by atoms with E-state index < -0.39 is 0 Å². The second kappa shape index (κ2) is 2.97. The lowest BCUT2D eigenvalue weighted by Crippen LogP contribution is -1.81. The van der Waals surface area contributed by atoms with Crippen LogP contribution in [0.5, 0.6) is 0 Å². The first kappa shape index (κ1) is 7.35. The molecule has 1 aromatic carbocycles. The van der Waals surface area contributed by atoms with Gasteiger partial charge in [0.2, 0.25) is 0 Å². The zero-order chi connectivity index (χ0) is 8.39. The highest BCUT2D eigenvalue weighted by atomic mass is 16.5. The largest absolute Gasteiger partial charge is 0.356 e. The average Bonchev–Trinajstić information content (AvgIpc) is 2.50. The Kier molecular flexibility index (Phi) is 1.82. The van der Waals surface area contributed by atoms with E-state index >= 15 is 0 Å². The van der Waals surface area contributed by atoms with Gasteiger partial charge in [-0.15, -0.1) is 0 Å². The Morgan fingerprint density at radius 1 is 1.33 bits per heavy atom. The summed E-state index contributed by atoms with van der Waals surface area (Å²) in [5.41, 5.74) is 1.97. The standard InChI is InChI=1S/C10H11NO/c1-2-5-9-8-6-3-4-7-10(8)12-11-9/h3-4,6-7H,2,5H2,1H3. The third-order valence-corrected chi connectivity index (χ3v) is 1.94. The zero-order valence-corrected chi connectivity index (χ0v) is 7.08. The SMILES string of the molecule is CCCc1noc2ccccc12. The van der Waals surface area contributed by atoms with Crippen LogP contribution in [0.15, 0.2) is 28.8 Å². The molecule has 62 valence electrons. The molecule has 12 heavy (non-hydrogen) atoms. The third kappa shape index (κ3) is 1.09. The average molecular weight is 161 g/mol. The van der Waals surface area contributed by atoms with Gasteiger partial charge in [0.15, 0.2) is 5.58 Å². The summed E-state index contributed by atoms with van der Waals surface area (Å²) in [6.07, 6.45) is 2.10. The van der Waals surface area contributed by atoms with Gasteiger partial charge in [0.05, 0.1) is 5.69 Å². The van der Waals surface area contributed by atoms with E-state index in [1.54, 1.807) is 0 Å². The van der Waals surface area contributed by atoms with Crippen molar-refractivity contribution in [2.24, 2.45) is 0 Å². The van der Waals surface area contributed by atoms with Gasteiger partial charge in [0.1, 0.15) is 0 Å². The first-order chi connectivity index (χ1) is 5.92. The molecule has 0 atom stereocenters. The molecular formula is C10H11NO. The Bertz CT molecular complexity index is 378. The maximum absolute atomic E-state index is 5.15. The minimum atomic E-state index is 0.890. The molecule has 0 N–H and O–H groups in total. The molecule has 0 saturated heterocycles. The summed E-state index contributed by atoms with van der Waals surface area (Å²) in [6.45, 7) is 2.14. The van der Waals surface area contributed by atoms with Crippen LogP contribution in [0.1, 0.15) is 19.0 Å². The number of aryl methyl sites for hydroxylation is 1. The predicted molar refractivity (Wildman–Crippen MR) is 48.0 cm³/mol. The van der Waals surface area contributed by atoms with Crippen LogP contribution in [-0.2, 0) is 6.42 Å². The van der Waals surface area contributed by atoms with Gasteiger partial charge in [-0.1, -0.05) is 30.6 Å². The number of hydrogen-bond acceptors (Lipinski definition) is 2. The molecule has 0 fully saturated rings. The highest BCUT2D eigenvalue weighted by Gasteiger charge is 2.04. The van der Waals surface area contributed by atoms with Gasteiger partial charge >= 0.3 is 0 Å². The molecule has 2 nitrogen and oxygen atoms in total. The summed E-state index contributed by atoms with van der Waals surface area (Å²) in [7, 11) is 0. The molecule has 0 aliphatic heterocycles. The molecule has 1 heterocycles. The molecular weight excluding hydrogens is 150 g/mol. The Morgan fingerprint density at radius 2 is 2.17 bits per heavy atom. The van der Waals surface area contributed by atoms with Crippen molar-refractivity contribution in [1.82, 2.24) is 5.16 Å². The van der Waals surface area contributed by atoms with Crippen LogP contribution in [-0.4, -0.2) is 5.16 Å². The van der Waals surface area contributed by atoms with Crippen molar-refractivity contribution in [3.63, 3.8) is 0 Å². The van der Waals surface area contributed by atoms with Crippen molar-refractivity contribution in [3.05, 3.63) is 30.0 Å². The normalized spacial score (nSPS) is 10.8. The van der Waals surface area contributed by atoms with Gasteiger partial charge in [-0.25, -0.2) is 0 Å². The van der Waals surface area contributed by atoms with Gasteiger partial charge in [-0.2, -0.15) is 0 Å². The van der Waals surface area contributed by atoms with Crippen LogP contribution >= 0.6 is 0 Å². The topological polar surface area (TPSA) is 26.0 Å². The first-order valence-electron chi connectivity index (χ1n) is 4.25. The zero-order valence-electron chi connectivity index (χ0n) is 7.08. The van der Waals surface area contributed by atoms with E-state index in [-0.39, 0.29) is 0 Å². The van der Waals surface area contributed by atoms with Crippen molar-refractivity contribution in [2.75, 3.05) is 0 Å². The van der Waals surface area contributed by atoms with Crippen LogP contribution < -0.4 is 0 Å². The number of para-hydroxylation sites is 1. The second-order valence-electron chi connectivity index (χ2n) is 2.88. The Labute approximate surface area is 71.2 Å². The van der Waals surface area contributed by atoms with Crippen molar-refractivity contribution in [1.29, 1.82) is 0 Å². The van der Waals surface area contributed by atoms with E-state index in [9.17, 15) is 0 Å². The molecule has 0 aliphatic carbocycles. The molecule has 1 aromatic heterocycles. The van der Waals surface area contributed by atoms with Crippen molar-refractivity contribution >= 4 is 11.0 Å². The number of rotatable bonds is 2. The van der Waals surface area contributed by atoms with Gasteiger partial charge in [-0.3, -0.25) is 0 Å². The van der Waals surface area contributed by atoms with E-state index in [0.29, 0.717) is 0 Å². The lowest BCUT2D eigenvalue weighted by molar-refractivity contribution is 0.445. The van der Waals surface area contributed by atoms with Crippen molar-refractivity contribution < 1.29 is 4.52 Å². The molecule has 0 spiro atoms. The third-order valence-electron chi connectivity index (χ3n) is 1.94. The fraction of sp³-hybridized carbons (Fsp3) is 0.300. The summed E-state index contributed by atoms with van der Waals surface area (Å²) in [5, 5.41) is 5.16. The predicted octanol–water partition coefficient (Wildman–Crippen LogP) is 2.78. The van der Waals surface area contributed by atoms with Gasteiger partial charge < -0.3 is 4.52 Å². The molecule has 0 saturated carbocycles. The fourth-order valence-electron chi connectivity index (χ4n) is 1.36. The minimum absolute atomic E-state index is 0.890. The summed E-state index contributed by atoms with van der Waals surface area (Å²) in [5.74, 6) is 0. The number of nitrogens with zero attached hydrogens (tertiary/aromatic N) is 1. The second-order valence-corrected chi connectivity index (χ2v) is 2.88. The maximum atomic E-state index is 5.15. The van der Waals surface area contributed by atoms with Gasteiger partial charge in [0.25, 0.3) is 0 Å². The van der Waals surface area contributed by atoms with E-state index in [0.717, 1.165) is 29.5 Å². The van der Waals surface area contributed by atoms with Crippen LogP contribution in [0.2, 0.25) is 0 Å². The molecule has 2 rings (SSSR count). The summed E-state index contributed by atoms with van der Waals surface area (Å²) < 4.78 is 5.15. The molecule has 0 aliphatic rings. The van der Waals surface area contributed by atoms with Crippen LogP contribution in [0.3, 0.4) is 0 Å².